The maximum atomic E-state index is 12.1. The van der Waals surface area contributed by atoms with Crippen molar-refractivity contribution < 1.29 is 14.3 Å². The van der Waals surface area contributed by atoms with E-state index in [2.05, 4.69) is 10.3 Å². The largest absolute Gasteiger partial charge is 0.497 e. The van der Waals surface area contributed by atoms with Crippen LogP contribution in [0.3, 0.4) is 0 Å². The van der Waals surface area contributed by atoms with E-state index in [-0.39, 0.29) is 12.5 Å². The summed E-state index contributed by atoms with van der Waals surface area (Å²) in [4.78, 5) is 16.6. The van der Waals surface area contributed by atoms with Crippen molar-refractivity contribution in [2.45, 2.75) is 6.92 Å². The summed E-state index contributed by atoms with van der Waals surface area (Å²) in [7, 11) is 1.60. The monoisotopic (exact) mass is 337 g/mol. The lowest BCUT2D eigenvalue weighted by Crippen LogP contribution is -2.20. The molecule has 3 N–H and O–H groups in total. The zero-order valence-electron chi connectivity index (χ0n) is 14.1. The van der Waals surface area contributed by atoms with Gasteiger partial charge in [0, 0.05) is 28.5 Å². The number of aromatic nitrogens is 1. The summed E-state index contributed by atoms with van der Waals surface area (Å²) in [5.74, 6) is 1.04. The van der Waals surface area contributed by atoms with Crippen molar-refractivity contribution in [2.75, 3.05) is 24.8 Å². The minimum Gasteiger partial charge on any atom is -0.497 e. The molecule has 0 saturated heterocycles. The highest BCUT2D eigenvalue weighted by atomic mass is 16.5. The standard InChI is InChI=1S/C19H19N3O3/c1-12-9-18(16-10-15(24-2)7-8-17(16)21-12)25-11-19(23)22-14-5-3-13(20)4-6-14/h3-10H,11,20H2,1-2H3,(H,22,23). The third-order valence-electron chi connectivity index (χ3n) is 3.66. The summed E-state index contributed by atoms with van der Waals surface area (Å²) in [6.45, 7) is 1.77. The number of carbonyl (C=O) groups excluding carboxylic acids is 1. The first-order chi connectivity index (χ1) is 12.0. The van der Waals surface area contributed by atoms with Gasteiger partial charge in [0.2, 0.25) is 0 Å². The van der Waals surface area contributed by atoms with Crippen molar-refractivity contribution in [1.82, 2.24) is 4.98 Å². The Morgan fingerprint density at radius 1 is 1.16 bits per heavy atom. The van der Waals surface area contributed by atoms with E-state index in [1.165, 1.54) is 0 Å². The van der Waals surface area contributed by atoms with Crippen LogP contribution in [-0.2, 0) is 4.79 Å². The average molecular weight is 337 g/mol. The molecule has 6 heteroatoms. The number of carbonyl (C=O) groups is 1. The predicted molar refractivity (Wildman–Crippen MR) is 98.0 cm³/mol. The first-order valence-corrected chi connectivity index (χ1v) is 7.79. The SMILES string of the molecule is COc1ccc2nc(C)cc(OCC(=O)Nc3ccc(N)cc3)c2c1. The smallest absolute Gasteiger partial charge is 0.262 e. The number of nitrogens with one attached hydrogen (secondary N) is 1. The average Bonchev–Trinajstić information content (AvgIpc) is 2.61. The number of fused-ring (bicyclic) bond motifs is 1. The highest BCUT2D eigenvalue weighted by Gasteiger charge is 2.09. The molecule has 1 heterocycles. The molecule has 0 unspecified atom stereocenters. The van der Waals surface area contributed by atoms with Crippen molar-refractivity contribution in [3.63, 3.8) is 0 Å². The van der Waals surface area contributed by atoms with Crippen LogP contribution >= 0.6 is 0 Å². The Kier molecular flexibility index (Phi) is 4.70. The second kappa shape index (κ2) is 7.09. The second-order valence-electron chi connectivity index (χ2n) is 5.60. The summed E-state index contributed by atoms with van der Waals surface area (Å²) in [6.07, 6.45) is 0. The number of nitrogens with two attached hydrogens (primary N) is 1. The number of ether oxygens (including phenoxy) is 2. The summed E-state index contributed by atoms with van der Waals surface area (Å²) < 4.78 is 11.0. The second-order valence-corrected chi connectivity index (χ2v) is 5.60. The summed E-state index contributed by atoms with van der Waals surface area (Å²) in [6, 6.07) is 14.3. The molecule has 3 rings (SSSR count). The van der Waals surface area contributed by atoms with E-state index in [4.69, 9.17) is 15.2 Å². The molecule has 0 fully saturated rings. The van der Waals surface area contributed by atoms with E-state index in [9.17, 15) is 4.79 Å². The summed E-state index contributed by atoms with van der Waals surface area (Å²) >= 11 is 0. The fourth-order valence-electron chi connectivity index (χ4n) is 2.45. The van der Waals surface area contributed by atoms with Gasteiger partial charge in [-0.3, -0.25) is 9.78 Å². The topological polar surface area (TPSA) is 86.5 Å². The minimum atomic E-state index is -0.254. The molecule has 0 aliphatic rings. The van der Waals surface area contributed by atoms with E-state index in [1.54, 1.807) is 37.4 Å². The fraction of sp³-hybridized carbons (Fsp3) is 0.158. The Balaban J connectivity index is 1.75. The third-order valence-corrected chi connectivity index (χ3v) is 3.66. The van der Waals surface area contributed by atoms with Crippen LogP contribution in [0.1, 0.15) is 5.69 Å². The summed E-state index contributed by atoms with van der Waals surface area (Å²) in [5.41, 5.74) is 8.54. The van der Waals surface area contributed by atoms with Crippen LogP contribution in [0.4, 0.5) is 11.4 Å². The Bertz CT molecular complexity index is 908. The van der Waals surface area contributed by atoms with Gasteiger partial charge in [-0.2, -0.15) is 0 Å². The van der Waals surface area contributed by atoms with Gasteiger partial charge >= 0.3 is 0 Å². The molecule has 0 saturated carbocycles. The molecule has 0 aliphatic carbocycles. The van der Waals surface area contributed by atoms with E-state index >= 15 is 0 Å². The first-order valence-electron chi connectivity index (χ1n) is 7.79. The third kappa shape index (κ3) is 3.98. The van der Waals surface area contributed by atoms with Crippen LogP contribution in [0.25, 0.3) is 10.9 Å². The van der Waals surface area contributed by atoms with Gasteiger partial charge in [-0.05, 0) is 49.4 Å². The molecule has 25 heavy (non-hydrogen) atoms. The van der Waals surface area contributed by atoms with Crippen molar-refractivity contribution in [2.24, 2.45) is 0 Å². The van der Waals surface area contributed by atoms with E-state index in [1.807, 2.05) is 25.1 Å². The van der Waals surface area contributed by atoms with Crippen molar-refractivity contribution in [1.29, 1.82) is 0 Å². The number of hydrogen-bond acceptors (Lipinski definition) is 5. The number of pyridine rings is 1. The Morgan fingerprint density at radius 2 is 1.92 bits per heavy atom. The molecular formula is C19H19N3O3. The van der Waals surface area contributed by atoms with Crippen LogP contribution in [-0.4, -0.2) is 24.6 Å². The van der Waals surface area contributed by atoms with Crippen molar-refractivity contribution in [3.8, 4) is 11.5 Å². The zero-order valence-corrected chi connectivity index (χ0v) is 14.1. The Morgan fingerprint density at radius 3 is 2.64 bits per heavy atom. The quantitative estimate of drug-likeness (QED) is 0.699. The zero-order chi connectivity index (χ0) is 17.8. The predicted octanol–water partition coefficient (Wildman–Crippen LogP) is 3.15. The number of rotatable bonds is 5. The number of amides is 1. The number of aryl methyl sites for hydroxylation is 1. The van der Waals surface area contributed by atoms with Gasteiger partial charge in [0.15, 0.2) is 6.61 Å². The number of nitrogen functional groups attached to an aromatic ring is 1. The molecule has 2 aromatic carbocycles. The highest BCUT2D eigenvalue weighted by molar-refractivity contribution is 5.92. The number of anilines is 2. The molecule has 6 nitrogen and oxygen atoms in total. The summed E-state index contributed by atoms with van der Waals surface area (Å²) in [5, 5.41) is 3.56. The van der Waals surface area contributed by atoms with Gasteiger partial charge in [-0.1, -0.05) is 0 Å². The van der Waals surface area contributed by atoms with Gasteiger partial charge in [0.05, 0.1) is 12.6 Å². The van der Waals surface area contributed by atoms with Crippen LogP contribution in [0.2, 0.25) is 0 Å². The molecule has 1 amide bonds. The lowest BCUT2D eigenvalue weighted by atomic mass is 10.1. The molecule has 1 aromatic heterocycles. The van der Waals surface area contributed by atoms with Gasteiger partial charge in [-0.25, -0.2) is 0 Å². The van der Waals surface area contributed by atoms with E-state index in [0.29, 0.717) is 22.9 Å². The van der Waals surface area contributed by atoms with Crippen LogP contribution in [0, 0.1) is 6.92 Å². The maximum absolute atomic E-state index is 12.1. The number of hydrogen-bond donors (Lipinski definition) is 2. The number of nitrogens with zero attached hydrogens (tertiary/aromatic N) is 1. The molecule has 3 aromatic rings. The normalized spacial score (nSPS) is 10.5. The van der Waals surface area contributed by atoms with Gasteiger partial charge in [0.1, 0.15) is 11.5 Å². The molecule has 0 bridgehead atoms. The van der Waals surface area contributed by atoms with Crippen molar-refractivity contribution >= 4 is 28.2 Å². The van der Waals surface area contributed by atoms with E-state index in [0.717, 1.165) is 16.6 Å². The van der Waals surface area contributed by atoms with Crippen LogP contribution < -0.4 is 20.5 Å². The first kappa shape index (κ1) is 16.6. The maximum Gasteiger partial charge on any atom is 0.262 e. The van der Waals surface area contributed by atoms with Gasteiger partial charge in [-0.15, -0.1) is 0 Å². The molecule has 0 radical (unpaired) electrons. The Labute approximate surface area is 145 Å². The highest BCUT2D eigenvalue weighted by Crippen LogP contribution is 2.29. The van der Waals surface area contributed by atoms with Crippen LogP contribution in [0.15, 0.2) is 48.5 Å². The van der Waals surface area contributed by atoms with Crippen molar-refractivity contribution in [3.05, 3.63) is 54.2 Å². The lowest BCUT2D eigenvalue weighted by molar-refractivity contribution is -0.118. The van der Waals surface area contributed by atoms with Crippen LogP contribution in [0.5, 0.6) is 11.5 Å². The molecule has 128 valence electrons. The van der Waals surface area contributed by atoms with E-state index < -0.39 is 0 Å². The molecule has 0 aliphatic heterocycles. The fourth-order valence-corrected chi connectivity index (χ4v) is 2.45. The molecular weight excluding hydrogens is 318 g/mol. The number of benzene rings is 2. The molecule has 0 atom stereocenters. The van der Waals surface area contributed by atoms with Gasteiger partial charge < -0.3 is 20.5 Å². The minimum absolute atomic E-state index is 0.111. The Hall–Kier alpha value is -3.28. The lowest BCUT2D eigenvalue weighted by Gasteiger charge is -2.11. The van der Waals surface area contributed by atoms with Gasteiger partial charge in [0.25, 0.3) is 5.91 Å². The number of methoxy groups -OCH3 is 1. The molecule has 0 spiro atoms.